The summed E-state index contributed by atoms with van der Waals surface area (Å²) in [7, 11) is 0. The highest BCUT2D eigenvalue weighted by molar-refractivity contribution is 5.40. The molecule has 1 aliphatic rings. The fourth-order valence-corrected chi connectivity index (χ4v) is 1.95. The Hall–Kier alpha value is -1.28. The lowest BCUT2D eigenvalue weighted by molar-refractivity contribution is 0.316. The largest absolute Gasteiger partial charge is 0.192 e. The Morgan fingerprint density at radius 2 is 1.79 bits per heavy atom. The second-order valence-corrected chi connectivity index (χ2v) is 4.72. The number of nitriles is 2. The lowest BCUT2D eigenvalue weighted by Gasteiger charge is -2.21. The first-order valence-corrected chi connectivity index (χ1v) is 5.11. The molecule has 0 heterocycles. The van der Waals surface area contributed by atoms with E-state index >= 15 is 0 Å². The Kier molecular flexibility index (Phi) is 3.31. The van der Waals surface area contributed by atoms with E-state index < -0.39 is 0 Å². The molecule has 0 unspecified atom stereocenters. The van der Waals surface area contributed by atoms with Crippen LogP contribution in [0.4, 0.5) is 0 Å². The molecule has 0 radical (unpaired) electrons. The molecular weight excluding hydrogens is 172 g/mol. The van der Waals surface area contributed by atoms with Crippen LogP contribution in [0.5, 0.6) is 0 Å². The highest BCUT2D eigenvalue weighted by atomic mass is 14.3. The first kappa shape index (κ1) is 10.8. The van der Waals surface area contributed by atoms with Crippen LogP contribution >= 0.6 is 0 Å². The second kappa shape index (κ2) is 4.29. The molecule has 1 aliphatic carbocycles. The normalized spacial score (nSPS) is 20.4. The van der Waals surface area contributed by atoms with Gasteiger partial charge in [0.2, 0.25) is 0 Å². The molecule has 0 bridgehead atoms. The molecule has 0 amide bonds. The van der Waals surface area contributed by atoms with E-state index in [1.807, 2.05) is 12.1 Å². The van der Waals surface area contributed by atoms with Gasteiger partial charge in [-0.3, -0.25) is 0 Å². The Morgan fingerprint density at radius 3 is 2.36 bits per heavy atom. The highest BCUT2D eigenvalue weighted by Crippen LogP contribution is 2.36. The lowest BCUT2D eigenvalue weighted by Crippen LogP contribution is -2.08. The van der Waals surface area contributed by atoms with E-state index in [1.165, 1.54) is 6.42 Å². The summed E-state index contributed by atoms with van der Waals surface area (Å²) in [5, 5.41) is 17.5. The lowest BCUT2D eigenvalue weighted by atomic mass is 9.85. The van der Waals surface area contributed by atoms with E-state index in [2.05, 4.69) is 13.8 Å². The van der Waals surface area contributed by atoms with Crippen molar-refractivity contribution in [3.05, 3.63) is 11.1 Å². The maximum atomic E-state index is 8.77. The average molecular weight is 188 g/mol. The molecule has 0 spiro atoms. The van der Waals surface area contributed by atoms with E-state index in [0.717, 1.165) is 31.3 Å². The molecule has 0 aromatic rings. The molecule has 0 aliphatic heterocycles. The van der Waals surface area contributed by atoms with Crippen LogP contribution in [0, 0.1) is 28.1 Å². The topological polar surface area (TPSA) is 47.6 Å². The molecule has 1 rings (SSSR count). The molecule has 1 saturated carbocycles. The molecule has 0 aromatic carbocycles. The minimum atomic E-state index is 0.350. The number of hydrogen-bond acceptors (Lipinski definition) is 2. The Labute approximate surface area is 85.8 Å². The summed E-state index contributed by atoms with van der Waals surface area (Å²) < 4.78 is 0. The fraction of sp³-hybridized carbons (Fsp3) is 0.667. The Morgan fingerprint density at radius 1 is 1.14 bits per heavy atom. The first-order chi connectivity index (χ1) is 6.59. The summed E-state index contributed by atoms with van der Waals surface area (Å²) in [4.78, 5) is 0. The van der Waals surface area contributed by atoms with Crippen molar-refractivity contribution in [1.29, 1.82) is 10.5 Å². The predicted octanol–water partition coefficient (Wildman–Crippen LogP) is 3.32. The van der Waals surface area contributed by atoms with Gasteiger partial charge in [-0.1, -0.05) is 13.8 Å². The van der Waals surface area contributed by atoms with Crippen LogP contribution in [-0.4, -0.2) is 0 Å². The van der Waals surface area contributed by atoms with E-state index in [1.54, 1.807) is 0 Å². The summed E-state index contributed by atoms with van der Waals surface area (Å²) in [6.45, 7) is 4.52. The minimum Gasteiger partial charge on any atom is -0.192 e. The number of hydrogen-bond donors (Lipinski definition) is 0. The molecule has 2 heteroatoms. The van der Waals surface area contributed by atoms with Crippen molar-refractivity contribution in [2.45, 2.75) is 46.0 Å². The van der Waals surface area contributed by atoms with Gasteiger partial charge in [0.1, 0.15) is 17.7 Å². The number of rotatable bonds is 0. The maximum Gasteiger partial charge on any atom is 0.128 e. The van der Waals surface area contributed by atoms with Gasteiger partial charge >= 0.3 is 0 Å². The van der Waals surface area contributed by atoms with Gasteiger partial charge in [-0.05, 0) is 43.1 Å². The summed E-state index contributed by atoms with van der Waals surface area (Å²) in [6.07, 6.45) is 5.24. The van der Waals surface area contributed by atoms with Crippen LogP contribution < -0.4 is 0 Å². The first-order valence-electron chi connectivity index (χ1n) is 5.11. The summed E-state index contributed by atoms with van der Waals surface area (Å²) in [6, 6.07) is 3.99. The van der Waals surface area contributed by atoms with Gasteiger partial charge in [0.15, 0.2) is 0 Å². The van der Waals surface area contributed by atoms with Crippen molar-refractivity contribution in [3.63, 3.8) is 0 Å². The van der Waals surface area contributed by atoms with Crippen molar-refractivity contribution in [1.82, 2.24) is 0 Å². The molecular formula is C12H16N2. The smallest absolute Gasteiger partial charge is 0.128 e. The summed E-state index contributed by atoms with van der Waals surface area (Å²) in [5.74, 6) is 0. The molecule has 0 N–H and O–H groups in total. The Balaban J connectivity index is 2.83. The maximum absolute atomic E-state index is 8.77. The van der Waals surface area contributed by atoms with Gasteiger partial charge in [-0.2, -0.15) is 10.5 Å². The van der Waals surface area contributed by atoms with Crippen molar-refractivity contribution in [3.8, 4) is 12.1 Å². The van der Waals surface area contributed by atoms with Crippen LogP contribution in [0.25, 0.3) is 0 Å². The third-order valence-electron chi connectivity index (χ3n) is 3.01. The summed E-state index contributed by atoms with van der Waals surface area (Å²) in [5.41, 5.74) is 1.79. The van der Waals surface area contributed by atoms with Gasteiger partial charge in [0, 0.05) is 0 Å². The zero-order chi connectivity index (χ0) is 10.6. The van der Waals surface area contributed by atoms with E-state index in [0.29, 0.717) is 11.0 Å². The minimum absolute atomic E-state index is 0.350. The van der Waals surface area contributed by atoms with E-state index in [-0.39, 0.29) is 0 Å². The predicted molar refractivity (Wildman–Crippen MR) is 55.1 cm³/mol. The van der Waals surface area contributed by atoms with E-state index in [4.69, 9.17) is 10.5 Å². The third kappa shape index (κ3) is 2.60. The van der Waals surface area contributed by atoms with Crippen molar-refractivity contribution < 1.29 is 0 Å². The van der Waals surface area contributed by atoms with Crippen LogP contribution in [0.2, 0.25) is 0 Å². The summed E-state index contributed by atoms with van der Waals surface area (Å²) >= 11 is 0. The molecule has 0 aromatic heterocycles. The zero-order valence-corrected chi connectivity index (χ0v) is 8.93. The Bertz CT molecular complexity index is 307. The molecule has 14 heavy (non-hydrogen) atoms. The van der Waals surface area contributed by atoms with Crippen molar-refractivity contribution in [2.75, 3.05) is 0 Å². The van der Waals surface area contributed by atoms with Crippen LogP contribution in [0.15, 0.2) is 11.1 Å². The SMILES string of the molecule is CC1(C)CCCC(=C(C#N)C#N)CC1. The van der Waals surface area contributed by atoms with Gasteiger partial charge in [-0.25, -0.2) is 0 Å². The van der Waals surface area contributed by atoms with Gasteiger partial charge in [0.25, 0.3) is 0 Å². The van der Waals surface area contributed by atoms with E-state index in [9.17, 15) is 0 Å². The van der Waals surface area contributed by atoms with Gasteiger partial charge < -0.3 is 0 Å². The van der Waals surface area contributed by atoms with Crippen LogP contribution in [0.3, 0.4) is 0 Å². The average Bonchev–Trinajstić information content (AvgIpc) is 2.30. The van der Waals surface area contributed by atoms with Gasteiger partial charge in [0.05, 0.1) is 0 Å². The number of allylic oxidation sites excluding steroid dienone is 2. The molecule has 74 valence electrons. The monoisotopic (exact) mass is 188 g/mol. The van der Waals surface area contributed by atoms with Gasteiger partial charge in [-0.15, -0.1) is 0 Å². The highest BCUT2D eigenvalue weighted by Gasteiger charge is 2.22. The standard InChI is InChI=1S/C12H16N2/c1-12(2)6-3-4-10(5-7-12)11(8-13)9-14/h3-7H2,1-2H3. The fourth-order valence-electron chi connectivity index (χ4n) is 1.95. The molecule has 1 fully saturated rings. The molecule has 0 saturated heterocycles. The van der Waals surface area contributed by atoms with Crippen molar-refractivity contribution >= 4 is 0 Å². The quantitative estimate of drug-likeness (QED) is 0.432. The number of nitrogens with zero attached hydrogens (tertiary/aromatic N) is 2. The third-order valence-corrected chi connectivity index (χ3v) is 3.01. The van der Waals surface area contributed by atoms with Crippen LogP contribution in [-0.2, 0) is 0 Å². The van der Waals surface area contributed by atoms with Crippen LogP contribution in [0.1, 0.15) is 46.0 Å². The second-order valence-electron chi connectivity index (χ2n) is 4.72. The zero-order valence-electron chi connectivity index (χ0n) is 8.93. The van der Waals surface area contributed by atoms with Crippen molar-refractivity contribution in [2.24, 2.45) is 5.41 Å². The molecule has 2 nitrogen and oxygen atoms in total. The molecule has 0 atom stereocenters.